The highest BCUT2D eigenvalue weighted by Crippen LogP contribution is 2.31. The first-order valence-corrected chi connectivity index (χ1v) is 15.4. The van der Waals surface area contributed by atoms with Crippen LogP contribution in [-0.2, 0) is 13.6 Å². The van der Waals surface area contributed by atoms with E-state index in [1.807, 2.05) is 6.92 Å². The van der Waals surface area contributed by atoms with E-state index in [0.29, 0.717) is 12.6 Å². The molecule has 1 aliphatic carbocycles. The van der Waals surface area contributed by atoms with E-state index in [1.165, 1.54) is 19.3 Å². The molecule has 0 spiro atoms. The lowest BCUT2D eigenvalue weighted by molar-refractivity contribution is 0.105. The Morgan fingerprint density at radius 1 is 1.00 bits per heavy atom. The molecule has 0 bridgehead atoms. The Hall–Kier alpha value is -0.686. The number of hydrogen-bond donors (Lipinski definition) is 0. The zero-order valence-corrected chi connectivity index (χ0v) is 17.5. The van der Waals surface area contributed by atoms with Crippen molar-refractivity contribution >= 4 is 16.6 Å². The molecule has 0 aromatic heterocycles. The lowest BCUT2D eigenvalue weighted by Crippen LogP contribution is -2.29. The second kappa shape index (κ2) is 8.25. The zero-order chi connectivity index (χ0) is 16.8. The third-order valence-corrected chi connectivity index (χ3v) is 4.72. The summed E-state index contributed by atoms with van der Waals surface area (Å²) in [6.07, 6.45) is 7.98. The summed E-state index contributed by atoms with van der Waals surface area (Å²) in [5.41, 5.74) is 1.14. The van der Waals surface area contributed by atoms with Crippen molar-refractivity contribution < 1.29 is 13.6 Å². The van der Waals surface area contributed by atoms with Crippen molar-refractivity contribution in [3.63, 3.8) is 0 Å². The van der Waals surface area contributed by atoms with Gasteiger partial charge < -0.3 is 13.6 Å². The Bertz CT molecular complexity index is 415. The highest BCUT2D eigenvalue weighted by Gasteiger charge is 2.27. The Morgan fingerprint density at radius 2 is 1.68 bits per heavy atom. The van der Waals surface area contributed by atoms with Crippen LogP contribution in [0.5, 0.6) is 0 Å². The summed E-state index contributed by atoms with van der Waals surface area (Å²) >= 11 is 0. The van der Waals surface area contributed by atoms with Crippen LogP contribution < -0.4 is 0 Å². The Labute approximate surface area is 139 Å². The maximum absolute atomic E-state index is 6.37. The fourth-order valence-corrected chi connectivity index (χ4v) is 3.93. The van der Waals surface area contributed by atoms with E-state index in [0.717, 1.165) is 24.2 Å². The van der Waals surface area contributed by atoms with Gasteiger partial charge in [0, 0.05) is 0 Å². The van der Waals surface area contributed by atoms with Crippen LogP contribution in [0.1, 0.15) is 39.0 Å². The van der Waals surface area contributed by atoms with Gasteiger partial charge in [0.25, 0.3) is 5.95 Å². The van der Waals surface area contributed by atoms with Crippen molar-refractivity contribution in [1.82, 2.24) is 0 Å². The monoisotopic (exact) mass is 342 g/mol. The molecule has 0 heterocycles. The van der Waals surface area contributed by atoms with E-state index in [4.69, 9.17) is 13.6 Å². The first-order chi connectivity index (χ1) is 10.1. The van der Waals surface area contributed by atoms with Crippen molar-refractivity contribution in [2.24, 2.45) is 0 Å². The van der Waals surface area contributed by atoms with E-state index >= 15 is 0 Å². The van der Waals surface area contributed by atoms with E-state index in [2.05, 4.69) is 45.4 Å². The van der Waals surface area contributed by atoms with Crippen LogP contribution in [0.15, 0.2) is 23.4 Å². The lowest BCUT2D eigenvalue weighted by atomic mass is 10.0. The molecular formula is C17H34O3Si2. The van der Waals surface area contributed by atoms with Gasteiger partial charge >= 0.3 is 0 Å². The topological polar surface area (TPSA) is 27.7 Å². The van der Waals surface area contributed by atoms with Gasteiger partial charge in [0.1, 0.15) is 5.76 Å². The Morgan fingerprint density at radius 3 is 2.23 bits per heavy atom. The second-order valence-electron chi connectivity index (χ2n) is 7.80. The normalized spacial score (nSPS) is 22.0. The smallest absolute Gasteiger partial charge is 0.272 e. The third kappa shape index (κ3) is 7.54. The average Bonchev–Trinajstić information content (AvgIpc) is 2.29. The van der Waals surface area contributed by atoms with Crippen molar-refractivity contribution in [3.8, 4) is 0 Å². The second-order valence-corrected chi connectivity index (χ2v) is 16.7. The van der Waals surface area contributed by atoms with Gasteiger partial charge in [-0.2, -0.15) is 0 Å². The van der Waals surface area contributed by atoms with E-state index in [-0.39, 0.29) is 0 Å². The highest BCUT2D eigenvalue weighted by atomic mass is 28.4. The summed E-state index contributed by atoms with van der Waals surface area (Å²) in [7, 11) is -3.37. The van der Waals surface area contributed by atoms with E-state index in [1.54, 1.807) is 0 Å². The Kier molecular flexibility index (Phi) is 7.26. The summed E-state index contributed by atoms with van der Waals surface area (Å²) in [6.45, 7) is 15.9. The summed E-state index contributed by atoms with van der Waals surface area (Å²) in [5.74, 6) is 1.73. The van der Waals surface area contributed by atoms with Gasteiger partial charge in [-0.05, 0) is 78.0 Å². The fourth-order valence-electron chi connectivity index (χ4n) is 2.33. The fraction of sp³-hybridized carbons (Fsp3) is 0.765. The first-order valence-electron chi connectivity index (χ1n) is 8.57. The molecule has 0 amide bonds. The molecule has 3 nitrogen and oxygen atoms in total. The van der Waals surface area contributed by atoms with Crippen LogP contribution in [0.3, 0.4) is 0 Å². The highest BCUT2D eigenvalue weighted by molar-refractivity contribution is 6.70. The largest absolute Gasteiger partial charge is 0.544 e. The lowest BCUT2D eigenvalue weighted by Gasteiger charge is -2.29. The molecule has 0 fully saturated rings. The zero-order valence-electron chi connectivity index (χ0n) is 15.5. The van der Waals surface area contributed by atoms with Gasteiger partial charge in [-0.3, -0.25) is 0 Å². The molecule has 5 heteroatoms. The minimum absolute atomic E-state index is 0.629. The van der Waals surface area contributed by atoms with Crippen molar-refractivity contribution in [2.75, 3.05) is 6.61 Å². The summed E-state index contributed by atoms with van der Waals surface area (Å²) in [6, 6.07) is 0. The molecular weight excluding hydrogens is 308 g/mol. The summed E-state index contributed by atoms with van der Waals surface area (Å²) in [5, 5.41) is 0. The number of ether oxygens (including phenoxy) is 1. The van der Waals surface area contributed by atoms with Gasteiger partial charge in [0.2, 0.25) is 16.6 Å². The molecule has 0 saturated heterocycles. The molecule has 128 valence electrons. The first kappa shape index (κ1) is 19.4. The minimum Gasteiger partial charge on any atom is -0.544 e. The van der Waals surface area contributed by atoms with Gasteiger partial charge in [-0.15, -0.1) is 0 Å². The number of rotatable bonds is 6. The summed E-state index contributed by atoms with van der Waals surface area (Å²) < 4.78 is 18.5. The quantitative estimate of drug-likeness (QED) is 0.452. The molecule has 22 heavy (non-hydrogen) atoms. The molecule has 0 aromatic carbocycles. The predicted octanol–water partition coefficient (Wildman–Crippen LogP) is 5.79. The van der Waals surface area contributed by atoms with E-state index in [9.17, 15) is 0 Å². The molecule has 0 unspecified atom stereocenters. The molecule has 0 atom stereocenters. The molecule has 1 aliphatic rings. The summed E-state index contributed by atoms with van der Waals surface area (Å²) in [4.78, 5) is 0. The Balaban J connectivity index is 3.21. The van der Waals surface area contributed by atoms with Crippen LogP contribution in [0.2, 0.25) is 39.3 Å². The molecule has 0 aromatic rings. The number of hydrogen-bond acceptors (Lipinski definition) is 3. The van der Waals surface area contributed by atoms with Gasteiger partial charge in [-0.1, -0.05) is 6.42 Å². The SMILES string of the molecule is CCO/C(O[Si](C)(C)C)=C1CCCCC/C=C\1O[Si](C)(C)C. The van der Waals surface area contributed by atoms with Crippen LogP contribution in [0.4, 0.5) is 0 Å². The van der Waals surface area contributed by atoms with Crippen molar-refractivity contribution in [3.05, 3.63) is 23.4 Å². The minimum atomic E-state index is -1.71. The van der Waals surface area contributed by atoms with Crippen molar-refractivity contribution in [2.45, 2.75) is 78.3 Å². The van der Waals surface area contributed by atoms with Crippen LogP contribution >= 0.6 is 0 Å². The van der Waals surface area contributed by atoms with Crippen LogP contribution in [0, 0.1) is 0 Å². The molecule has 0 aliphatic heterocycles. The average molecular weight is 343 g/mol. The van der Waals surface area contributed by atoms with E-state index < -0.39 is 16.6 Å². The number of allylic oxidation sites excluding steroid dienone is 2. The van der Waals surface area contributed by atoms with Gasteiger partial charge in [-0.25, -0.2) is 0 Å². The molecule has 0 N–H and O–H groups in total. The molecule has 0 saturated carbocycles. The third-order valence-electron chi connectivity index (χ3n) is 3.09. The predicted molar refractivity (Wildman–Crippen MR) is 98.7 cm³/mol. The van der Waals surface area contributed by atoms with Crippen LogP contribution in [-0.4, -0.2) is 23.2 Å². The maximum atomic E-state index is 6.37. The van der Waals surface area contributed by atoms with Crippen molar-refractivity contribution in [1.29, 1.82) is 0 Å². The van der Waals surface area contributed by atoms with Gasteiger partial charge in [0.05, 0.1) is 12.2 Å². The van der Waals surface area contributed by atoms with Crippen LogP contribution in [0.25, 0.3) is 0 Å². The molecule has 1 rings (SSSR count). The molecule has 0 radical (unpaired) electrons. The van der Waals surface area contributed by atoms with Gasteiger partial charge in [0.15, 0.2) is 0 Å². The standard InChI is InChI=1S/C17H34O3Si2/c1-8-18-17(20-22(5,6)7)15-13-11-9-10-12-14-16(15)19-21(2,3)4/h14H,8-13H2,1-7H3/b16-14+,17-15-. The maximum Gasteiger partial charge on any atom is 0.272 e.